The second-order valence-electron chi connectivity index (χ2n) is 3.46. The molecule has 1 aromatic rings. The standard InChI is InChI=1S/C9H10N2O7S/c1-4-8(5(2)18-10-4)19(16,17)11-9(15)6(12)3-7(13)14/h3,12H,1-2H3,(H,11,15)(H,13,14). The number of aliphatic hydroxyl groups is 1. The van der Waals surface area contributed by atoms with E-state index in [-0.39, 0.29) is 22.4 Å². The lowest BCUT2D eigenvalue weighted by Crippen LogP contribution is -2.32. The fourth-order valence-electron chi connectivity index (χ4n) is 1.27. The van der Waals surface area contributed by atoms with E-state index in [1.807, 2.05) is 0 Å². The molecule has 0 aliphatic carbocycles. The van der Waals surface area contributed by atoms with Crippen LogP contribution in [0.2, 0.25) is 0 Å². The molecule has 9 nitrogen and oxygen atoms in total. The molecule has 0 aliphatic heterocycles. The highest BCUT2D eigenvalue weighted by Gasteiger charge is 2.27. The zero-order chi connectivity index (χ0) is 14.8. The van der Waals surface area contributed by atoms with Crippen LogP contribution in [-0.2, 0) is 19.6 Å². The molecule has 0 saturated carbocycles. The number of rotatable bonds is 4. The summed E-state index contributed by atoms with van der Waals surface area (Å²) >= 11 is 0. The Labute approximate surface area is 107 Å². The zero-order valence-electron chi connectivity index (χ0n) is 9.87. The molecule has 0 aliphatic rings. The van der Waals surface area contributed by atoms with Gasteiger partial charge in [0.2, 0.25) is 0 Å². The number of carboxylic acid groups (broad SMARTS) is 1. The minimum absolute atomic E-state index is 0.0273. The van der Waals surface area contributed by atoms with Crippen LogP contribution in [0.25, 0.3) is 0 Å². The third-order valence-corrected chi connectivity index (χ3v) is 3.53. The number of aliphatic carboxylic acids is 1. The number of aryl methyl sites for hydroxylation is 2. The molecule has 0 bridgehead atoms. The number of sulfonamides is 1. The number of carboxylic acids is 1. The summed E-state index contributed by atoms with van der Waals surface area (Å²) in [6, 6.07) is 0. The number of nitrogens with zero attached hydrogens (tertiary/aromatic N) is 1. The minimum Gasteiger partial charge on any atom is -0.503 e. The summed E-state index contributed by atoms with van der Waals surface area (Å²) in [5.41, 5.74) is 0.0273. The van der Waals surface area contributed by atoms with Crippen LogP contribution in [0.1, 0.15) is 11.5 Å². The van der Waals surface area contributed by atoms with Crippen molar-refractivity contribution in [1.82, 2.24) is 9.88 Å². The van der Waals surface area contributed by atoms with Gasteiger partial charge in [-0.1, -0.05) is 5.16 Å². The number of aromatic nitrogens is 1. The molecule has 3 N–H and O–H groups in total. The van der Waals surface area contributed by atoms with Crippen LogP contribution in [0.5, 0.6) is 0 Å². The molecule has 0 atom stereocenters. The second-order valence-corrected chi connectivity index (χ2v) is 5.07. The van der Waals surface area contributed by atoms with Crippen LogP contribution in [0.3, 0.4) is 0 Å². The first-order valence-electron chi connectivity index (χ1n) is 4.78. The summed E-state index contributed by atoms with van der Waals surface area (Å²) < 4.78 is 29.8. The predicted molar refractivity (Wildman–Crippen MR) is 59.7 cm³/mol. The van der Waals surface area contributed by atoms with Gasteiger partial charge in [-0.25, -0.2) is 17.9 Å². The highest BCUT2D eigenvalue weighted by molar-refractivity contribution is 7.90. The lowest BCUT2D eigenvalue weighted by atomic mass is 10.4. The number of amides is 1. The lowest BCUT2D eigenvalue weighted by molar-refractivity contribution is -0.132. The quantitative estimate of drug-likeness (QED) is 0.502. The summed E-state index contributed by atoms with van der Waals surface area (Å²) in [5.74, 6) is -4.35. The molecular formula is C9H10N2O7S. The van der Waals surface area contributed by atoms with Crippen molar-refractivity contribution in [3.05, 3.63) is 23.3 Å². The SMILES string of the molecule is Cc1noc(C)c1S(=O)(=O)NC(=O)C(O)=CC(=O)O. The van der Waals surface area contributed by atoms with E-state index < -0.39 is 27.7 Å². The van der Waals surface area contributed by atoms with Crippen LogP contribution >= 0.6 is 0 Å². The van der Waals surface area contributed by atoms with Crippen molar-refractivity contribution >= 4 is 21.9 Å². The topological polar surface area (TPSA) is 147 Å². The Balaban J connectivity index is 3.06. The van der Waals surface area contributed by atoms with Crippen LogP contribution in [-0.4, -0.2) is 35.7 Å². The molecule has 0 unspecified atom stereocenters. The van der Waals surface area contributed by atoms with E-state index in [9.17, 15) is 18.0 Å². The van der Waals surface area contributed by atoms with E-state index in [1.54, 1.807) is 0 Å². The Hall–Kier alpha value is -2.36. The summed E-state index contributed by atoms with van der Waals surface area (Å²) in [6.07, 6.45) is 0.165. The van der Waals surface area contributed by atoms with E-state index in [2.05, 4.69) is 9.68 Å². The molecule has 1 aromatic heterocycles. The van der Waals surface area contributed by atoms with E-state index in [0.717, 1.165) is 0 Å². The fourth-order valence-corrected chi connectivity index (χ4v) is 2.56. The van der Waals surface area contributed by atoms with E-state index >= 15 is 0 Å². The molecule has 104 valence electrons. The van der Waals surface area contributed by atoms with Gasteiger partial charge in [0.25, 0.3) is 15.9 Å². The Morgan fingerprint density at radius 3 is 2.32 bits per heavy atom. The van der Waals surface area contributed by atoms with Crippen LogP contribution in [0.15, 0.2) is 21.3 Å². The summed E-state index contributed by atoms with van der Waals surface area (Å²) in [4.78, 5) is 21.2. The van der Waals surface area contributed by atoms with Gasteiger partial charge in [-0.05, 0) is 13.8 Å². The average Bonchev–Trinajstić information content (AvgIpc) is 2.57. The highest BCUT2D eigenvalue weighted by Crippen LogP contribution is 2.18. The number of aliphatic hydroxyl groups excluding tert-OH is 1. The highest BCUT2D eigenvalue weighted by atomic mass is 32.2. The van der Waals surface area contributed by atoms with Gasteiger partial charge in [0.05, 0.1) is 6.08 Å². The largest absolute Gasteiger partial charge is 0.503 e. The monoisotopic (exact) mass is 290 g/mol. The molecule has 0 fully saturated rings. The van der Waals surface area contributed by atoms with Crippen LogP contribution < -0.4 is 4.72 Å². The Kier molecular flexibility index (Phi) is 3.95. The first-order valence-corrected chi connectivity index (χ1v) is 6.27. The molecule has 0 spiro atoms. The van der Waals surface area contributed by atoms with Gasteiger partial charge in [-0.2, -0.15) is 0 Å². The number of nitrogens with one attached hydrogen (secondary N) is 1. The molecule has 0 aromatic carbocycles. The third kappa shape index (κ3) is 3.31. The van der Waals surface area contributed by atoms with Gasteiger partial charge >= 0.3 is 5.97 Å². The van der Waals surface area contributed by atoms with E-state index in [1.165, 1.54) is 18.6 Å². The molecule has 19 heavy (non-hydrogen) atoms. The molecule has 1 heterocycles. The van der Waals surface area contributed by atoms with Gasteiger partial charge in [0, 0.05) is 0 Å². The first kappa shape index (κ1) is 14.7. The maximum absolute atomic E-state index is 11.8. The summed E-state index contributed by atoms with van der Waals surface area (Å²) in [6.45, 7) is 2.68. The van der Waals surface area contributed by atoms with Crippen molar-refractivity contribution in [3.63, 3.8) is 0 Å². The van der Waals surface area contributed by atoms with Gasteiger partial charge in [0.15, 0.2) is 16.4 Å². The summed E-state index contributed by atoms with van der Waals surface area (Å²) in [5, 5.41) is 20.8. The van der Waals surface area contributed by atoms with Gasteiger partial charge in [-0.15, -0.1) is 0 Å². The molecule has 0 radical (unpaired) electrons. The molecule has 0 saturated heterocycles. The lowest BCUT2D eigenvalue weighted by Gasteiger charge is -2.05. The number of carbonyl (C=O) groups excluding carboxylic acids is 1. The summed E-state index contributed by atoms with van der Waals surface area (Å²) in [7, 11) is -4.31. The van der Waals surface area contributed by atoms with E-state index in [0.29, 0.717) is 0 Å². The van der Waals surface area contributed by atoms with Crippen molar-refractivity contribution in [1.29, 1.82) is 0 Å². The van der Waals surface area contributed by atoms with Crippen molar-refractivity contribution in [2.24, 2.45) is 0 Å². The maximum atomic E-state index is 11.8. The maximum Gasteiger partial charge on any atom is 0.332 e. The van der Waals surface area contributed by atoms with Crippen molar-refractivity contribution in [2.75, 3.05) is 0 Å². The van der Waals surface area contributed by atoms with Gasteiger partial charge < -0.3 is 14.7 Å². The van der Waals surface area contributed by atoms with Gasteiger partial charge in [0.1, 0.15) is 5.69 Å². The Bertz CT molecular complexity index is 637. The smallest absolute Gasteiger partial charge is 0.332 e. The van der Waals surface area contributed by atoms with E-state index in [4.69, 9.17) is 10.2 Å². The van der Waals surface area contributed by atoms with Crippen molar-refractivity contribution < 1.29 is 32.7 Å². The van der Waals surface area contributed by atoms with Crippen molar-refractivity contribution in [3.8, 4) is 0 Å². The van der Waals surface area contributed by atoms with Crippen LogP contribution in [0.4, 0.5) is 0 Å². The molecule has 10 heteroatoms. The zero-order valence-corrected chi connectivity index (χ0v) is 10.7. The Morgan fingerprint density at radius 1 is 1.32 bits per heavy atom. The third-order valence-electron chi connectivity index (χ3n) is 1.96. The fraction of sp³-hybridized carbons (Fsp3) is 0.222. The number of hydrogen-bond donors (Lipinski definition) is 3. The minimum atomic E-state index is -4.31. The van der Waals surface area contributed by atoms with Gasteiger partial charge in [-0.3, -0.25) is 4.79 Å². The van der Waals surface area contributed by atoms with Crippen molar-refractivity contribution in [2.45, 2.75) is 18.7 Å². The first-order chi connectivity index (χ1) is 8.65. The Morgan fingerprint density at radius 2 is 1.89 bits per heavy atom. The molecule has 1 amide bonds. The van der Waals surface area contributed by atoms with Crippen LogP contribution in [0, 0.1) is 13.8 Å². The molecular weight excluding hydrogens is 280 g/mol. The molecule has 1 rings (SSSR count). The normalized spacial score (nSPS) is 12.2. The average molecular weight is 290 g/mol. The predicted octanol–water partition coefficient (Wildman–Crippen LogP) is -0.377. The second kappa shape index (κ2) is 5.10. The number of carbonyl (C=O) groups is 2. The number of hydrogen-bond acceptors (Lipinski definition) is 7.